The van der Waals surface area contributed by atoms with Crippen molar-refractivity contribution >= 4 is 27.3 Å². The lowest BCUT2D eigenvalue weighted by atomic mass is 10.2. The molecule has 2 rings (SSSR count). The van der Waals surface area contributed by atoms with Crippen LogP contribution in [0.5, 0.6) is 0 Å². The topological polar surface area (TPSA) is 46.0 Å². The smallest absolute Gasteiger partial charge is 0.132 e. The maximum Gasteiger partial charge on any atom is 0.132 e. The van der Waals surface area contributed by atoms with Gasteiger partial charge in [-0.25, -0.2) is 0 Å². The zero-order valence-corrected chi connectivity index (χ0v) is 9.49. The molecule has 0 amide bonds. The van der Waals surface area contributed by atoms with Crippen molar-refractivity contribution in [1.29, 1.82) is 0 Å². The van der Waals surface area contributed by atoms with E-state index in [2.05, 4.69) is 25.9 Å². The van der Waals surface area contributed by atoms with Crippen LogP contribution in [0.25, 0.3) is 0 Å². The fourth-order valence-corrected chi connectivity index (χ4v) is 2.50. The van der Waals surface area contributed by atoms with Crippen molar-refractivity contribution in [2.45, 2.75) is 6.10 Å². The molecule has 2 aromatic heterocycles. The van der Waals surface area contributed by atoms with Gasteiger partial charge < -0.3 is 5.11 Å². The largest absolute Gasteiger partial charge is 0.381 e. The van der Waals surface area contributed by atoms with Gasteiger partial charge in [-0.05, 0) is 28.1 Å². The molecule has 72 valence electrons. The maximum atomic E-state index is 9.89. The van der Waals surface area contributed by atoms with E-state index in [1.807, 2.05) is 12.1 Å². The molecule has 0 spiro atoms. The second-order valence-corrected chi connectivity index (χ2v) is 5.17. The first-order valence-electron chi connectivity index (χ1n) is 3.96. The number of halogens is 1. The molecule has 2 heterocycles. The van der Waals surface area contributed by atoms with E-state index >= 15 is 0 Å². The molecule has 1 unspecified atom stereocenters. The van der Waals surface area contributed by atoms with E-state index in [1.54, 1.807) is 18.6 Å². The van der Waals surface area contributed by atoms with Crippen molar-refractivity contribution in [2.24, 2.45) is 0 Å². The lowest BCUT2D eigenvalue weighted by molar-refractivity contribution is 0.218. The van der Waals surface area contributed by atoms with Gasteiger partial charge in [-0.15, -0.1) is 11.3 Å². The molecule has 0 aliphatic heterocycles. The Morgan fingerprint density at radius 1 is 1.36 bits per heavy atom. The van der Waals surface area contributed by atoms with Gasteiger partial charge in [-0.3, -0.25) is 9.97 Å². The highest BCUT2D eigenvalue weighted by atomic mass is 79.9. The van der Waals surface area contributed by atoms with Crippen LogP contribution < -0.4 is 0 Å². The molecule has 5 heteroatoms. The molecule has 0 saturated carbocycles. The summed E-state index contributed by atoms with van der Waals surface area (Å²) < 4.78 is 0.996. The summed E-state index contributed by atoms with van der Waals surface area (Å²) in [5.41, 5.74) is 0.571. The van der Waals surface area contributed by atoms with Crippen molar-refractivity contribution in [3.8, 4) is 0 Å². The average Bonchev–Trinajstić information content (AvgIpc) is 2.65. The summed E-state index contributed by atoms with van der Waals surface area (Å²) in [7, 11) is 0. The van der Waals surface area contributed by atoms with E-state index in [0.29, 0.717) is 5.69 Å². The summed E-state index contributed by atoms with van der Waals surface area (Å²) in [5.74, 6) is 0. The number of thiophene rings is 1. The molecule has 0 aliphatic carbocycles. The number of rotatable bonds is 2. The predicted molar refractivity (Wildman–Crippen MR) is 58.1 cm³/mol. The standard InChI is InChI=1S/C9H7BrN2OS/c10-8-2-1-7(14-8)9(13)6-5-11-3-4-12-6/h1-5,9,13H. The molecule has 3 nitrogen and oxygen atoms in total. The second-order valence-electron chi connectivity index (χ2n) is 2.67. The molecule has 2 aromatic rings. The third kappa shape index (κ3) is 2.00. The Labute approximate surface area is 93.6 Å². The SMILES string of the molecule is OC(c1cnccn1)c1ccc(Br)s1. The van der Waals surface area contributed by atoms with Crippen LogP contribution >= 0.6 is 27.3 Å². The molecule has 0 aliphatic rings. The third-order valence-electron chi connectivity index (χ3n) is 1.73. The number of hydrogen-bond acceptors (Lipinski definition) is 4. The predicted octanol–water partition coefficient (Wildman–Crippen LogP) is 2.38. The van der Waals surface area contributed by atoms with Crippen molar-refractivity contribution in [3.63, 3.8) is 0 Å². The number of aromatic nitrogens is 2. The first-order valence-corrected chi connectivity index (χ1v) is 5.57. The van der Waals surface area contributed by atoms with Crippen LogP contribution in [0, 0.1) is 0 Å². The molecule has 0 radical (unpaired) electrons. The van der Waals surface area contributed by atoms with Crippen LogP contribution in [0.2, 0.25) is 0 Å². The Hall–Kier alpha value is -0.780. The molecule has 0 saturated heterocycles. The van der Waals surface area contributed by atoms with Gasteiger partial charge in [0, 0.05) is 17.3 Å². The molecule has 1 atom stereocenters. The van der Waals surface area contributed by atoms with Crippen LogP contribution in [-0.4, -0.2) is 15.1 Å². The molecular weight excluding hydrogens is 264 g/mol. The quantitative estimate of drug-likeness (QED) is 0.912. The van der Waals surface area contributed by atoms with E-state index < -0.39 is 6.10 Å². The van der Waals surface area contributed by atoms with Crippen molar-refractivity contribution in [1.82, 2.24) is 9.97 Å². The molecule has 14 heavy (non-hydrogen) atoms. The maximum absolute atomic E-state index is 9.89. The Kier molecular flexibility index (Phi) is 2.90. The van der Waals surface area contributed by atoms with Gasteiger partial charge in [-0.1, -0.05) is 0 Å². The average molecular weight is 271 g/mol. The third-order valence-corrected chi connectivity index (χ3v) is 3.40. The molecular formula is C9H7BrN2OS. The van der Waals surface area contributed by atoms with E-state index in [0.717, 1.165) is 8.66 Å². The Bertz CT molecular complexity index is 418. The van der Waals surface area contributed by atoms with E-state index in [4.69, 9.17) is 0 Å². The summed E-state index contributed by atoms with van der Waals surface area (Å²) in [5, 5.41) is 9.89. The lowest BCUT2D eigenvalue weighted by Gasteiger charge is -2.05. The summed E-state index contributed by atoms with van der Waals surface area (Å²) in [4.78, 5) is 8.81. The van der Waals surface area contributed by atoms with Crippen LogP contribution in [0.1, 0.15) is 16.7 Å². The Morgan fingerprint density at radius 3 is 2.79 bits per heavy atom. The van der Waals surface area contributed by atoms with Crippen molar-refractivity contribution in [2.75, 3.05) is 0 Å². The molecule has 0 aromatic carbocycles. The highest BCUT2D eigenvalue weighted by Gasteiger charge is 2.13. The summed E-state index contributed by atoms with van der Waals surface area (Å²) >= 11 is 4.83. The van der Waals surface area contributed by atoms with Gasteiger partial charge in [0.15, 0.2) is 0 Å². The zero-order chi connectivity index (χ0) is 9.97. The van der Waals surface area contributed by atoms with Gasteiger partial charge in [0.05, 0.1) is 15.7 Å². The van der Waals surface area contributed by atoms with Crippen LogP contribution in [-0.2, 0) is 0 Å². The molecule has 1 N–H and O–H groups in total. The summed E-state index contributed by atoms with van der Waals surface area (Å²) in [6.07, 6.45) is 4.04. The lowest BCUT2D eigenvalue weighted by Crippen LogP contribution is -1.99. The van der Waals surface area contributed by atoms with Gasteiger partial charge in [0.2, 0.25) is 0 Å². The monoisotopic (exact) mass is 270 g/mol. The van der Waals surface area contributed by atoms with E-state index in [9.17, 15) is 5.11 Å². The summed E-state index contributed by atoms with van der Waals surface area (Å²) in [6.45, 7) is 0. The Balaban J connectivity index is 2.29. The minimum atomic E-state index is -0.681. The zero-order valence-electron chi connectivity index (χ0n) is 7.09. The van der Waals surface area contributed by atoms with Crippen molar-refractivity contribution in [3.05, 3.63) is 45.1 Å². The minimum absolute atomic E-state index is 0.571. The normalized spacial score (nSPS) is 12.7. The first-order chi connectivity index (χ1) is 6.77. The summed E-state index contributed by atoms with van der Waals surface area (Å²) in [6, 6.07) is 3.77. The number of hydrogen-bond donors (Lipinski definition) is 1. The van der Waals surface area contributed by atoms with Crippen molar-refractivity contribution < 1.29 is 5.11 Å². The van der Waals surface area contributed by atoms with Crippen LogP contribution in [0.4, 0.5) is 0 Å². The van der Waals surface area contributed by atoms with Crippen LogP contribution in [0.3, 0.4) is 0 Å². The number of aliphatic hydroxyl groups excluding tert-OH is 1. The van der Waals surface area contributed by atoms with Gasteiger partial charge in [-0.2, -0.15) is 0 Å². The Morgan fingerprint density at radius 2 is 2.21 bits per heavy atom. The highest BCUT2D eigenvalue weighted by molar-refractivity contribution is 9.11. The van der Waals surface area contributed by atoms with Gasteiger partial charge >= 0.3 is 0 Å². The fourth-order valence-electron chi connectivity index (χ4n) is 1.07. The molecule has 0 fully saturated rings. The number of nitrogens with zero attached hydrogens (tertiary/aromatic N) is 2. The van der Waals surface area contributed by atoms with Crippen LogP contribution in [0.15, 0.2) is 34.5 Å². The fraction of sp³-hybridized carbons (Fsp3) is 0.111. The van der Waals surface area contributed by atoms with Gasteiger partial charge in [0.25, 0.3) is 0 Å². The number of aliphatic hydroxyl groups is 1. The van der Waals surface area contributed by atoms with E-state index in [-0.39, 0.29) is 0 Å². The minimum Gasteiger partial charge on any atom is -0.381 e. The molecule has 0 bridgehead atoms. The van der Waals surface area contributed by atoms with E-state index in [1.165, 1.54) is 11.3 Å². The second kappa shape index (κ2) is 4.16. The highest BCUT2D eigenvalue weighted by Crippen LogP contribution is 2.29. The van der Waals surface area contributed by atoms with Gasteiger partial charge in [0.1, 0.15) is 6.10 Å². The first kappa shape index (κ1) is 9.76.